The standard InChI is InChI=1S/C17H21NO2/c1-2-20-17-11-7-6-10-15(17)16(13-19)18-12-14-8-4-3-5-9-14/h3-11,16,18-19H,2,12-13H2,1H3. The minimum absolute atomic E-state index is 0.0386. The quantitative estimate of drug-likeness (QED) is 0.813. The fraction of sp³-hybridized carbons (Fsp3) is 0.294. The molecule has 3 nitrogen and oxygen atoms in total. The van der Waals surface area contributed by atoms with Gasteiger partial charge < -0.3 is 15.2 Å². The molecule has 0 fully saturated rings. The van der Waals surface area contributed by atoms with Gasteiger partial charge >= 0.3 is 0 Å². The van der Waals surface area contributed by atoms with Crippen LogP contribution < -0.4 is 10.1 Å². The second kappa shape index (κ2) is 7.68. The van der Waals surface area contributed by atoms with Crippen LogP contribution in [0.4, 0.5) is 0 Å². The average Bonchev–Trinajstić information content (AvgIpc) is 2.51. The summed E-state index contributed by atoms with van der Waals surface area (Å²) in [6.45, 7) is 3.33. The van der Waals surface area contributed by atoms with Crippen LogP contribution in [0.3, 0.4) is 0 Å². The van der Waals surface area contributed by atoms with Crippen molar-refractivity contribution in [2.75, 3.05) is 13.2 Å². The molecule has 2 aromatic rings. The van der Waals surface area contributed by atoms with Crippen molar-refractivity contribution in [2.24, 2.45) is 0 Å². The van der Waals surface area contributed by atoms with E-state index in [0.29, 0.717) is 13.2 Å². The third kappa shape index (κ3) is 3.83. The summed E-state index contributed by atoms with van der Waals surface area (Å²) < 4.78 is 5.62. The SMILES string of the molecule is CCOc1ccccc1C(CO)NCc1ccccc1. The van der Waals surface area contributed by atoms with Gasteiger partial charge in [0.05, 0.1) is 19.3 Å². The van der Waals surface area contributed by atoms with E-state index in [1.165, 1.54) is 5.56 Å². The number of aliphatic hydroxyl groups is 1. The van der Waals surface area contributed by atoms with Crippen molar-refractivity contribution in [1.82, 2.24) is 5.32 Å². The number of benzene rings is 2. The summed E-state index contributed by atoms with van der Waals surface area (Å²) in [4.78, 5) is 0. The topological polar surface area (TPSA) is 41.5 Å². The van der Waals surface area contributed by atoms with E-state index < -0.39 is 0 Å². The zero-order valence-corrected chi connectivity index (χ0v) is 11.8. The minimum Gasteiger partial charge on any atom is -0.494 e. The molecule has 0 aliphatic heterocycles. The second-order valence-electron chi connectivity index (χ2n) is 4.57. The van der Waals surface area contributed by atoms with Gasteiger partial charge in [0.1, 0.15) is 5.75 Å². The van der Waals surface area contributed by atoms with Crippen LogP contribution in [-0.2, 0) is 6.54 Å². The van der Waals surface area contributed by atoms with Gasteiger partial charge in [0.15, 0.2) is 0 Å². The maximum atomic E-state index is 9.63. The fourth-order valence-corrected chi connectivity index (χ4v) is 2.17. The lowest BCUT2D eigenvalue weighted by Crippen LogP contribution is -2.24. The molecule has 2 aromatic carbocycles. The molecular weight excluding hydrogens is 250 g/mol. The van der Waals surface area contributed by atoms with Crippen LogP contribution in [-0.4, -0.2) is 18.3 Å². The number of aliphatic hydroxyl groups excluding tert-OH is 1. The molecule has 3 heteroatoms. The Labute approximate surface area is 120 Å². The highest BCUT2D eigenvalue weighted by Crippen LogP contribution is 2.25. The summed E-state index contributed by atoms with van der Waals surface area (Å²) in [5.41, 5.74) is 2.19. The molecule has 0 radical (unpaired) electrons. The summed E-state index contributed by atoms with van der Waals surface area (Å²) in [5.74, 6) is 0.828. The summed E-state index contributed by atoms with van der Waals surface area (Å²) in [7, 11) is 0. The molecule has 20 heavy (non-hydrogen) atoms. The van der Waals surface area contributed by atoms with Crippen LogP contribution in [0.15, 0.2) is 54.6 Å². The van der Waals surface area contributed by atoms with E-state index in [9.17, 15) is 5.11 Å². The molecule has 106 valence electrons. The molecule has 0 bridgehead atoms. The van der Waals surface area contributed by atoms with Gasteiger partial charge in [-0.2, -0.15) is 0 Å². The average molecular weight is 271 g/mol. The first-order valence-corrected chi connectivity index (χ1v) is 6.95. The van der Waals surface area contributed by atoms with Gasteiger partial charge in [-0.15, -0.1) is 0 Å². The monoisotopic (exact) mass is 271 g/mol. The number of nitrogens with one attached hydrogen (secondary N) is 1. The van der Waals surface area contributed by atoms with Crippen molar-refractivity contribution in [2.45, 2.75) is 19.5 Å². The van der Waals surface area contributed by atoms with Gasteiger partial charge in [-0.1, -0.05) is 48.5 Å². The van der Waals surface area contributed by atoms with Gasteiger partial charge in [-0.05, 0) is 18.6 Å². The molecule has 1 unspecified atom stereocenters. The highest BCUT2D eigenvalue weighted by molar-refractivity contribution is 5.36. The first kappa shape index (κ1) is 14.6. The molecule has 2 rings (SSSR count). The molecule has 0 saturated heterocycles. The highest BCUT2D eigenvalue weighted by Gasteiger charge is 2.14. The third-order valence-corrected chi connectivity index (χ3v) is 3.17. The van der Waals surface area contributed by atoms with E-state index in [-0.39, 0.29) is 12.6 Å². The lowest BCUT2D eigenvalue weighted by atomic mass is 10.1. The predicted molar refractivity (Wildman–Crippen MR) is 80.7 cm³/mol. The minimum atomic E-state index is -0.127. The van der Waals surface area contributed by atoms with Crippen molar-refractivity contribution < 1.29 is 9.84 Å². The largest absolute Gasteiger partial charge is 0.494 e. The van der Waals surface area contributed by atoms with E-state index in [1.54, 1.807) is 0 Å². The lowest BCUT2D eigenvalue weighted by molar-refractivity contribution is 0.238. The van der Waals surface area contributed by atoms with Gasteiger partial charge in [0.2, 0.25) is 0 Å². The van der Waals surface area contributed by atoms with E-state index in [0.717, 1.165) is 11.3 Å². The maximum Gasteiger partial charge on any atom is 0.124 e. The zero-order valence-electron chi connectivity index (χ0n) is 11.8. The maximum absolute atomic E-state index is 9.63. The third-order valence-electron chi connectivity index (χ3n) is 3.17. The molecule has 2 N–H and O–H groups in total. The van der Waals surface area contributed by atoms with E-state index in [1.807, 2.05) is 49.4 Å². The summed E-state index contributed by atoms with van der Waals surface area (Å²) >= 11 is 0. The van der Waals surface area contributed by atoms with Gasteiger partial charge in [0.25, 0.3) is 0 Å². The number of para-hydroxylation sites is 1. The lowest BCUT2D eigenvalue weighted by Gasteiger charge is -2.20. The highest BCUT2D eigenvalue weighted by atomic mass is 16.5. The Morgan fingerprint density at radius 3 is 2.45 bits per heavy atom. The number of hydrogen-bond donors (Lipinski definition) is 2. The van der Waals surface area contributed by atoms with Gasteiger partial charge in [-0.25, -0.2) is 0 Å². The number of rotatable bonds is 7. The van der Waals surface area contributed by atoms with Crippen molar-refractivity contribution in [3.63, 3.8) is 0 Å². The van der Waals surface area contributed by atoms with Crippen LogP contribution >= 0.6 is 0 Å². The van der Waals surface area contributed by atoms with Crippen molar-refractivity contribution in [1.29, 1.82) is 0 Å². The van der Waals surface area contributed by atoms with Crippen LogP contribution in [0.2, 0.25) is 0 Å². The molecule has 0 amide bonds. The Balaban J connectivity index is 2.08. The van der Waals surface area contributed by atoms with Gasteiger partial charge in [0, 0.05) is 12.1 Å². The van der Waals surface area contributed by atoms with Crippen LogP contribution in [0, 0.1) is 0 Å². The first-order valence-electron chi connectivity index (χ1n) is 6.95. The predicted octanol–water partition coefficient (Wildman–Crippen LogP) is 2.91. The van der Waals surface area contributed by atoms with Crippen molar-refractivity contribution >= 4 is 0 Å². The Bertz CT molecular complexity index is 513. The zero-order chi connectivity index (χ0) is 14.2. The summed E-state index contributed by atoms with van der Waals surface area (Å²) in [6, 6.07) is 17.9. The van der Waals surface area contributed by atoms with E-state index in [2.05, 4.69) is 17.4 Å². The Morgan fingerprint density at radius 2 is 1.75 bits per heavy atom. The number of hydrogen-bond acceptors (Lipinski definition) is 3. The normalized spacial score (nSPS) is 12.1. The van der Waals surface area contributed by atoms with E-state index in [4.69, 9.17) is 4.74 Å². The molecule has 0 aromatic heterocycles. The molecule has 0 aliphatic rings. The van der Waals surface area contributed by atoms with Crippen LogP contribution in [0.5, 0.6) is 5.75 Å². The molecule has 0 saturated carbocycles. The smallest absolute Gasteiger partial charge is 0.124 e. The first-order chi connectivity index (χ1) is 9.85. The van der Waals surface area contributed by atoms with Gasteiger partial charge in [-0.3, -0.25) is 0 Å². The summed E-state index contributed by atoms with van der Waals surface area (Å²) in [6.07, 6.45) is 0. The van der Waals surface area contributed by atoms with Crippen molar-refractivity contribution in [3.8, 4) is 5.75 Å². The van der Waals surface area contributed by atoms with Crippen LogP contribution in [0.1, 0.15) is 24.1 Å². The summed E-state index contributed by atoms with van der Waals surface area (Å²) in [5, 5.41) is 13.0. The Kier molecular flexibility index (Phi) is 5.59. The molecular formula is C17H21NO2. The second-order valence-corrected chi connectivity index (χ2v) is 4.57. The van der Waals surface area contributed by atoms with Crippen LogP contribution in [0.25, 0.3) is 0 Å². The fourth-order valence-electron chi connectivity index (χ4n) is 2.17. The molecule has 0 spiro atoms. The molecule has 0 heterocycles. The van der Waals surface area contributed by atoms with Crippen molar-refractivity contribution in [3.05, 3.63) is 65.7 Å². The molecule has 0 aliphatic carbocycles. The van der Waals surface area contributed by atoms with E-state index >= 15 is 0 Å². The number of ether oxygens (including phenoxy) is 1. The Hall–Kier alpha value is -1.84. The molecule has 1 atom stereocenters. The Morgan fingerprint density at radius 1 is 1.05 bits per heavy atom.